The number of aliphatic hydroxyl groups excluding tert-OH is 1. The van der Waals surface area contributed by atoms with Gasteiger partial charge in [0.05, 0.1) is 25.2 Å². The second kappa shape index (κ2) is 28.8. The molecule has 1 N–H and O–H groups in total. The Morgan fingerprint density at radius 3 is 1.09 bits per heavy atom. The van der Waals surface area contributed by atoms with E-state index < -0.39 is 49.8 Å². The first kappa shape index (κ1) is 53.5. The number of carbonyl (C=O) groups is 3. The Kier molecular flexibility index (Phi) is 23.3. The van der Waals surface area contributed by atoms with Crippen LogP contribution in [0.25, 0.3) is 27.9 Å². The van der Waals surface area contributed by atoms with E-state index >= 15 is 0 Å². The van der Waals surface area contributed by atoms with Crippen molar-refractivity contribution in [3.63, 3.8) is 0 Å². The Hall–Kier alpha value is -6.88. The lowest BCUT2D eigenvalue weighted by Crippen LogP contribution is -2.42. The number of nitrogens with zero attached hydrogens (tertiary/aromatic N) is 6. The predicted octanol–water partition coefficient (Wildman–Crippen LogP) is 10.0. The fourth-order valence-electron chi connectivity index (χ4n) is 7.11. The van der Waals surface area contributed by atoms with E-state index in [4.69, 9.17) is 27.4 Å². The molecule has 0 bridgehead atoms. The maximum absolute atomic E-state index is 13.4. The number of benzene rings is 3. The van der Waals surface area contributed by atoms with Crippen molar-refractivity contribution in [2.24, 2.45) is 5.41 Å². The fourth-order valence-corrected chi connectivity index (χ4v) is 7.11. The molecule has 0 spiro atoms. The van der Waals surface area contributed by atoms with Gasteiger partial charge >= 0.3 is 17.9 Å². The Labute approximate surface area is 392 Å². The molecular weight excluding hydrogens is 833 g/mol. The third-order valence-corrected chi connectivity index (χ3v) is 10.5. The molecule has 0 aromatic heterocycles. The SMILES string of the molecule is [C-]#[N+]/C(=C\c1ccc(N(CCC)CCC)cc1)C(=O)OCC(CO)(COC(=O)/C(=C/c1ccc(N(CCC)CCC)cc1)[N+]#[C-])COC(=O)/C(C#N)=C/c1ccc(N(CCC)CCC)cc1. The summed E-state index contributed by atoms with van der Waals surface area (Å²) in [5.74, 6) is -3.08. The molecule has 0 aliphatic heterocycles. The van der Waals surface area contributed by atoms with Gasteiger partial charge in [-0.25, -0.2) is 14.5 Å². The monoisotopic (exact) mass is 898 g/mol. The topological polar surface area (TPSA) is 141 Å². The minimum atomic E-state index is -1.77. The lowest BCUT2D eigenvalue weighted by atomic mass is 9.92. The number of aliphatic hydroxyl groups is 1. The molecule has 13 nitrogen and oxygen atoms in total. The Morgan fingerprint density at radius 2 is 0.833 bits per heavy atom. The van der Waals surface area contributed by atoms with E-state index in [1.165, 1.54) is 18.2 Å². The molecule has 0 aliphatic rings. The number of hydrogen-bond acceptors (Lipinski definition) is 11. The molecule has 0 aliphatic carbocycles. The number of esters is 3. The smallest absolute Gasteiger partial charge is 0.348 e. The van der Waals surface area contributed by atoms with Gasteiger partial charge in [-0.1, -0.05) is 77.9 Å². The second-order valence-electron chi connectivity index (χ2n) is 16.1. The van der Waals surface area contributed by atoms with E-state index in [1.54, 1.807) is 36.4 Å². The Morgan fingerprint density at radius 1 is 0.545 bits per heavy atom. The van der Waals surface area contributed by atoms with E-state index in [-0.39, 0.29) is 17.0 Å². The van der Waals surface area contributed by atoms with Crippen molar-refractivity contribution in [3.8, 4) is 6.07 Å². The molecule has 350 valence electrons. The van der Waals surface area contributed by atoms with E-state index in [0.717, 1.165) is 94.9 Å². The van der Waals surface area contributed by atoms with Crippen LogP contribution in [-0.2, 0) is 28.6 Å². The number of ether oxygens (including phenoxy) is 3. The molecule has 3 rings (SSSR count). The third-order valence-electron chi connectivity index (χ3n) is 10.5. The van der Waals surface area contributed by atoms with Gasteiger partial charge in [-0.15, -0.1) is 0 Å². The maximum atomic E-state index is 13.4. The standard InChI is InChI=1S/C53H66N6O7/c1-9-27-57(28-10-2)45-21-15-41(16-22-45)33-44(36-54)50(61)64-38-53(37-60,39-65-51(62)48(55-7)34-42-17-23-46(24-18-42)58(29-11-3)30-12-4)40-66-52(63)49(56-8)35-43-19-25-47(26-20-43)59(31-13-5)32-14-6/h15-26,33-35,60H,9-14,27-32,37-40H2,1-6H3/b44-33+,48-34-,49-35-. The van der Waals surface area contributed by atoms with Gasteiger partial charge in [0.25, 0.3) is 11.4 Å². The average molecular weight is 899 g/mol. The van der Waals surface area contributed by atoms with Crippen molar-refractivity contribution in [1.29, 1.82) is 5.26 Å². The molecule has 3 aromatic carbocycles. The number of anilines is 3. The highest BCUT2D eigenvalue weighted by molar-refractivity contribution is 5.98. The molecule has 13 heteroatoms. The zero-order valence-electron chi connectivity index (χ0n) is 39.6. The first-order chi connectivity index (χ1) is 32.0. The summed E-state index contributed by atoms with van der Waals surface area (Å²) in [6, 6.07) is 24.2. The van der Waals surface area contributed by atoms with E-state index in [2.05, 4.69) is 65.9 Å². The van der Waals surface area contributed by atoms with Crippen LogP contribution in [0.1, 0.15) is 96.8 Å². The van der Waals surface area contributed by atoms with Gasteiger partial charge in [0.2, 0.25) is 0 Å². The van der Waals surface area contributed by atoms with E-state index in [0.29, 0.717) is 16.7 Å². The number of hydrogen-bond donors (Lipinski definition) is 1. The molecule has 0 amide bonds. The van der Waals surface area contributed by atoms with Gasteiger partial charge in [-0.2, -0.15) is 5.26 Å². The van der Waals surface area contributed by atoms with Crippen molar-refractivity contribution in [2.75, 3.05) is 80.4 Å². The molecule has 3 aromatic rings. The molecule has 0 saturated carbocycles. The van der Waals surface area contributed by atoms with Crippen LogP contribution in [0.2, 0.25) is 0 Å². The lowest BCUT2D eigenvalue weighted by Gasteiger charge is -2.30. The van der Waals surface area contributed by atoms with Crippen LogP contribution >= 0.6 is 0 Å². The normalized spacial score (nSPS) is 12.5. The van der Waals surface area contributed by atoms with Crippen LogP contribution < -0.4 is 14.7 Å². The van der Waals surface area contributed by atoms with Gasteiger partial charge in [-0.05, 0) is 110 Å². The fraction of sp³-hybridized carbons (Fsp3) is 0.434. The molecule has 0 unspecified atom stereocenters. The second-order valence-corrected chi connectivity index (χ2v) is 16.1. The molecule has 0 atom stereocenters. The zero-order chi connectivity index (χ0) is 48.3. The van der Waals surface area contributed by atoms with Gasteiger partial charge < -0.3 is 34.0 Å². The minimum Gasteiger partial charge on any atom is -0.470 e. The van der Waals surface area contributed by atoms with Crippen molar-refractivity contribution in [3.05, 3.63) is 129 Å². The van der Waals surface area contributed by atoms with Crippen LogP contribution in [0.4, 0.5) is 17.1 Å². The van der Waals surface area contributed by atoms with Crippen LogP contribution in [0, 0.1) is 29.9 Å². The third kappa shape index (κ3) is 16.6. The average Bonchev–Trinajstić information content (AvgIpc) is 3.34. The molecular formula is C53H66N6O7. The van der Waals surface area contributed by atoms with Gasteiger partial charge in [0.1, 0.15) is 31.5 Å². The van der Waals surface area contributed by atoms with Gasteiger partial charge in [0, 0.05) is 56.3 Å². The molecule has 0 fully saturated rings. The summed E-state index contributed by atoms with van der Waals surface area (Å²) < 4.78 is 16.7. The number of carbonyl (C=O) groups excluding carboxylic acids is 3. The van der Waals surface area contributed by atoms with Crippen LogP contribution in [0.15, 0.2) is 89.8 Å². The minimum absolute atomic E-state index is 0.337. The molecule has 66 heavy (non-hydrogen) atoms. The van der Waals surface area contributed by atoms with Gasteiger partial charge in [-0.3, -0.25) is 9.59 Å². The quantitative estimate of drug-likeness (QED) is 0.0245. The Bertz CT molecular complexity index is 1960. The summed E-state index contributed by atoms with van der Waals surface area (Å²) in [5, 5.41) is 20.8. The first-order valence-electron chi connectivity index (χ1n) is 22.9. The van der Waals surface area contributed by atoms with Crippen molar-refractivity contribution in [2.45, 2.75) is 80.1 Å². The summed E-state index contributed by atoms with van der Waals surface area (Å²) >= 11 is 0. The highest BCUT2D eigenvalue weighted by Gasteiger charge is 2.37. The summed E-state index contributed by atoms with van der Waals surface area (Å²) in [7, 11) is 0. The van der Waals surface area contributed by atoms with Crippen LogP contribution in [0.3, 0.4) is 0 Å². The van der Waals surface area contributed by atoms with Gasteiger partial charge in [0.15, 0.2) is 0 Å². The van der Waals surface area contributed by atoms with E-state index in [1.807, 2.05) is 42.5 Å². The number of nitriles is 1. The van der Waals surface area contributed by atoms with Crippen LogP contribution in [0.5, 0.6) is 0 Å². The van der Waals surface area contributed by atoms with Crippen molar-refractivity contribution in [1.82, 2.24) is 0 Å². The lowest BCUT2D eigenvalue weighted by molar-refractivity contribution is -0.159. The predicted molar refractivity (Wildman–Crippen MR) is 263 cm³/mol. The summed E-state index contributed by atoms with van der Waals surface area (Å²) in [6.45, 7) is 30.7. The molecule has 0 saturated heterocycles. The van der Waals surface area contributed by atoms with Crippen molar-refractivity contribution >= 4 is 53.2 Å². The zero-order valence-corrected chi connectivity index (χ0v) is 39.6. The first-order valence-corrected chi connectivity index (χ1v) is 22.9. The highest BCUT2D eigenvalue weighted by Crippen LogP contribution is 2.25. The number of rotatable bonds is 28. The summed E-state index contributed by atoms with van der Waals surface area (Å²) in [6.07, 6.45) is 10.0. The van der Waals surface area contributed by atoms with Crippen LogP contribution in [-0.4, -0.2) is 88.7 Å². The summed E-state index contributed by atoms with van der Waals surface area (Å²) in [5.41, 5.74) is 1.99. The largest absolute Gasteiger partial charge is 0.470 e. The summed E-state index contributed by atoms with van der Waals surface area (Å²) in [4.78, 5) is 53.9. The van der Waals surface area contributed by atoms with E-state index in [9.17, 15) is 24.8 Å². The van der Waals surface area contributed by atoms with Crippen molar-refractivity contribution < 1.29 is 33.7 Å². The molecule has 0 radical (unpaired) electrons. The Balaban J connectivity index is 1.89. The highest BCUT2D eigenvalue weighted by atomic mass is 16.6. The molecule has 0 heterocycles. The maximum Gasteiger partial charge on any atom is 0.348 e.